The van der Waals surface area contributed by atoms with Crippen LogP contribution in [0.4, 0.5) is 0 Å². The van der Waals surface area contributed by atoms with Gasteiger partial charge in [0.2, 0.25) is 0 Å². The molecule has 0 bridgehead atoms. The monoisotopic (exact) mass is 251 g/mol. The Labute approximate surface area is 108 Å². The van der Waals surface area contributed by atoms with E-state index < -0.39 is 0 Å². The average Bonchev–Trinajstić information content (AvgIpc) is 2.39. The highest BCUT2D eigenvalue weighted by molar-refractivity contribution is 5.44. The molecule has 1 aromatic carbocycles. The topological polar surface area (TPSA) is 53.7 Å². The molecular weight excluding hydrogens is 230 g/mol. The maximum Gasteiger partial charge on any atom is 0.134 e. The van der Waals surface area contributed by atoms with Gasteiger partial charge in [-0.3, -0.25) is 0 Å². The van der Waals surface area contributed by atoms with Gasteiger partial charge in [-0.2, -0.15) is 0 Å². The van der Waals surface area contributed by atoms with Gasteiger partial charge in [0.25, 0.3) is 0 Å². The van der Waals surface area contributed by atoms with Crippen molar-refractivity contribution in [3.63, 3.8) is 0 Å². The number of hydrogen-bond donors (Lipinski definition) is 1. The molecule has 0 fully saturated rings. The molecule has 1 aromatic rings. The van der Waals surface area contributed by atoms with Crippen LogP contribution in [0, 0.1) is 0 Å². The fourth-order valence-electron chi connectivity index (χ4n) is 2.49. The van der Waals surface area contributed by atoms with Crippen LogP contribution in [-0.4, -0.2) is 26.4 Å². The summed E-state index contributed by atoms with van der Waals surface area (Å²) >= 11 is 0. The zero-order valence-electron chi connectivity index (χ0n) is 11.2. The first-order valence-electron chi connectivity index (χ1n) is 6.25. The molecule has 2 atom stereocenters. The third-order valence-corrected chi connectivity index (χ3v) is 3.59. The minimum absolute atomic E-state index is 0.0426. The molecule has 100 valence electrons. The van der Waals surface area contributed by atoms with Gasteiger partial charge in [-0.05, 0) is 24.6 Å². The normalized spacial score (nSPS) is 26.3. The Morgan fingerprint density at radius 2 is 2.22 bits per heavy atom. The largest absolute Gasteiger partial charge is 0.497 e. The average molecular weight is 251 g/mol. The lowest BCUT2D eigenvalue weighted by molar-refractivity contribution is -0.0338. The fraction of sp³-hybridized carbons (Fsp3) is 0.571. The third kappa shape index (κ3) is 2.31. The SMILES string of the molecule is CCC1(COC)CC(N)c2cc(OC)ccc2O1. The van der Waals surface area contributed by atoms with Crippen LogP contribution in [0.15, 0.2) is 18.2 Å². The lowest BCUT2D eigenvalue weighted by Gasteiger charge is -2.40. The Bertz CT molecular complexity index is 422. The Morgan fingerprint density at radius 3 is 2.83 bits per heavy atom. The van der Waals surface area contributed by atoms with Crippen molar-refractivity contribution in [1.82, 2.24) is 0 Å². The van der Waals surface area contributed by atoms with Crippen LogP contribution in [0.5, 0.6) is 11.5 Å². The van der Waals surface area contributed by atoms with Crippen LogP contribution in [0.25, 0.3) is 0 Å². The standard InChI is InChI=1S/C14H21NO3/c1-4-14(9-16-2)8-12(15)11-7-10(17-3)5-6-13(11)18-14/h5-7,12H,4,8-9,15H2,1-3H3. The summed E-state index contributed by atoms with van der Waals surface area (Å²) in [6.45, 7) is 2.66. The molecule has 0 aliphatic carbocycles. The number of fused-ring (bicyclic) bond motifs is 1. The van der Waals surface area contributed by atoms with Crippen LogP contribution >= 0.6 is 0 Å². The molecule has 18 heavy (non-hydrogen) atoms. The number of methoxy groups -OCH3 is 2. The van der Waals surface area contributed by atoms with Crippen LogP contribution < -0.4 is 15.2 Å². The quantitative estimate of drug-likeness (QED) is 0.892. The highest BCUT2D eigenvalue weighted by atomic mass is 16.5. The molecule has 2 rings (SSSR count). The van der Waals surface area contributed by atoms with Crippen molar-refractivity contribution in [3.05, 3.63) is 23.8 Å². The van der Waals surface area contributed by atoms with E-state index in [4.69, 9.17) is 19.9 Å². The van der Waals surface area contributed by atoms with Gasteiger partial charge < -0.3 is 19.9 Å². The van der Waals surface area contributed by atoms with E-state index in [1.54, 1.807) is 14.2 Å². The second kappa shape index (κ2) is 5.16. The van der Waals surface area contributed by atoms with Gasteiger partial charge in [0.1, 0.15) is 17.1 Å². The molecule has 0 spiro atoms. The fourth-order valence-corrected chi connectivity index (χ4v) is 2.49. The summed E-state index contributed by atoms with van der Waals surface area (Å²) in [6.07, 6.45) is 1.64. The van der Waals surface area contributed by atoms with Gasteiger partial charge in [0.15, 0.2) is 0 Å². The number of ether oxygens (including phenoxy) is 3. The second-order valence-electron chi connectivity index (χ2n) is 4.79. The molecule has 4 nitrogen and oxygen atoms in total. The summed E-state index contributed by atoms with van der Waals surface area (Å²) in [5.41, 5.74) is 6.96. The van der Waals surface area contributed by atoms with E-state index in [1.807, 2.05) is 18.2 Å². The van der Waals surface area contributed by atoms with Crippen molar-refractivity contribution in [2.45, 2.75) is 31.4 Å². The first-order valence-corrected chi connectivity index (χ1v) is 6.25. The van der Waals surface area contributed by atoms with Gasteiger partial charge in [0.05, 0.1) is 13.7 Å². The maximum atomic E-state index is 6.26. The smallest absolute Gasteiger partial charge is 0.134 e. The van der Waals surface area contributed by atoms with Crippen LogP contribution in [0.1, 0.15) is 31.4 Å². The summed E-state index contributed by atoms with van der Waals surface area (Å²) in [6, 6.07) is 5.72. The highest BCUT2D eigenvalue weighted by Gasteiger charge is 2.38. The minimum Gasteiger partial charge on any atom is -0.497 e. The summed E-state index contributed by atoms with van der Waals surface area (Å²) in [4.78, 5) is 0. The van der Waals surface area contributed by atoms with Crippen molar-refractivity contribution < 1.29 is 14.2 Å². The van der Waals surface area contributed by atoms with E-state index in [2.05, 4.69) is 6.92 Å². The Hall–Kier alpha value is -1.26. The van der Waals surface area contributed by atoms with Gasteiger partial charge in [-0.1, -0.05) is 6.92 Å². The molecule has 1 aliphatic rings. The molecule has 1 heterocycles. The Morgan fingerprint density at radius 1 is 1.44 bits per heavy atom. The van der Waals surface area contributed by atoms with E-state index in [0.717, 1.165) is 29.9 Å². The molecule has 2 N–H and O–H groups in total. The molecule has 0 radical (unpaired) electrons. The predicted octanol–water partition coefficient (Wildman–Crippen LogP) is 2.27. The van der Waals surface area contributed by atoms with Crippen molar-refractivity contribution in [2.75, 3.05) is 20.8 Å². The lowest BCUT2D eigenvalue weighted by atomic mass is 9.86. The number of benzene rings is 1. The summed E-state index contributed by atoms with van der Waals surface area (Å²) in [7, 11) is 3.34. The van der Waals surface area contributed by atoms with Crippen LogP contribution in [-0.2, 0) is 4.74 Å². The zero-order chi connectivity index (χ0) is 13.2. The van der Waals surface area contributed by atoms with Gasteiger partial charge in [0, 0.05) is 25.1 Å². The van der Waals surface area contributed by atoms with Crippen LogP contribution in [0.3, 0.4) is 0 Å². The molecule has 0 saturated carbocycles. The number of rotatable bonds is 4. The zero-order valence-corrected chi connectivity index (χ0v) is 11.2. The molecule has 0 amide bonds. The van der Waals surface area contributed by atoms with Gasteiger partial charge >= 0.3 is 0 Å². The van der Waals surface area contributed by atoms with Crippen molar-refractivity contribution in [3.8, 4) is 11.5 Å². The molecular formula is C14H21NO3. The van der Waals surface area contributed by atoms with E-state index in [1.165, 1.54) is 0 Å². The highest BCUT2D eigenvalue weighted by Crippen LogP contribution is 2.41. The van der Waals surface area contributed by atoms with E-state index in [9.17, 15) is 0 Å². The van der Waals surface area contributed by atoms with Crippen molar-refractivity contribution in [2.24, 2.45) is 5.73 Å². The summed E-state index contributed by atoms with van der Waals surface area (Å²) in [5.74, 6) is 1.65. The molecule has 1 aliphatic heterocycles. The maximum absolute atomic E-state index is 6.26. The first kappa shape index (κ1) is 13.2. The number of nitrogens with two attached hydrogens (primary N) is 1. The molecule has 0 aromatic heterocycles. The summed E-state index contributed by atoms with van der Waals surface area (Å²) in [5, 5.41) is 0. The van der Waals surface area contributed by atoms with Crippen LogP contribution in [0.2, 0.25) is 0 Å². The predicted molar refractivity (Wildman–Crippen MR) is 70.1 cm³/mol. The van der Waals surface area contributed by atoms with E-state index in [-0.39, 0.29) is 11.6 Å². The van der Waals surface area contributed by atoms with Crippen molar-refractivity contribution >= 4 is 0 Å². The summed E-state index contributed by atoms with van der Waals surface area (Å²) < 4.78 is 16.6. The van der Waals surface area contributed by atoms with Gasteiger partial charge in [-0.25, -0.2) is 0 Å². The molecule has 0 saturated heterocycles. The minimum atomic E-state index is -0.310. The second-order valence-corrected chi connectivity index (χ2v) is 4.79. The van der Waals surface area contributed by atoms with Gasteiger partial charge in [-0.15, -0.1) is 0 Å². The first-order chi connectivity index (χ1) is 8.64. The number of hydrogen-bond acceptors (Lipinski definition) is 4. The Kier molecular flexibility index (Phi) is 3.78. The molecule has 2 unspecified atom stereocenters. The molecule has 4 heteroatoms. The van der Waals surface area contributed by atoms with Crippen molar-refractivity contribution in [1.29, 1.82) is 0 Å². The van der Waals surface area contributed by atoms with E-state index >= 15 is 0 Å². The Balaban J connectivity index is 2.33. The lowest BCUT2D eigenvalue weighted by Crippen LogP contribution is -2.46. The third-order valence-electron chi connectivity index (χ3n) is 3.59. The van der Waals surface area contributed by atoms with E-state index in [0.29, 0.717) is 6.61 Å².